The zero-order chi connectivity index (χ0) is 11.2. The summed E-state index contributed by atoms with van der Waals surface area (Å²) in [6, 6.07) is 0. The Kier molecular flexibility index (Phi) is 2.46. The highest BCUT2D eigenvalue weighted by atomic mass is 16.2. The molecule has 4 fully saturated rings. The van der Waals surface area contributed by atoms with Gasteiger partial charge in [0.15, 0.2) is 0 Å². The first-order valence-electron chi connectivity index (χ1n) is 6.65. The molecule has 4 saturated carbocycles. The SMILES string of the molecule is CNCC(=O)NC12CC3CC(CC(C3)C1)C2. The Hall–Kier alpha value is -0.570. The van der Waals surface area contributed by atoms with Crippen molar-refractivity contribution < 1.29 is 4.79 Å². The van der Waals surface area contributed by atoms with E-state index in [1.807, 2.05) is 7.05 Å². The topological polar surface area (TPSA) is 41.1 Å². The Bertz CT molecular complexity index is 265. The number of nitrogens with one attached hydrogen (secondary N) is 2. The largest absolute Gasteiger partial charge is 0.350 e. The van der Waals surface area contributed by atoms with E-state index in [9.17, 15) is 4.79 Å². The van der Waals surface area contributed by atoms with E-state index < -0.39 is 0 Å². The standard InChI is InChI=1S/C13H22N2O/c1-14-8-12(16)15-13-5-9-2-10(6-13)4-11(3-9)7-13/h9-11,14H,2-8H2,1H3,(H,15,16). The molecule has 3 nitrogen and oxygen atoms in total. The molecule has 16 heavy (non-hydrogen) atoms. The molecule has 3 heteroatoms. The van der Waals surface area contributed by atoms with Gasteiger partial charge >= 0.3 is 0 Å². The summed E-state index contributed by atoms with van der Waals surface area (Å²) >= 11 is 0. The van der Waals surface area contributed by atoms with E-state index in [1.54, 1.807) is 0 Å². The van der Waals surface area contributed by atoms with Crippen molar-refractivity contribution in [1.29, 1.82) is 0 Å². The second-order valence-electron chi connectivity index (χ2n) is 6.28. The lowest BCUT2D eigenvalue weighted by molar-refractivity contribution is -0.125. The maximum Gasteiger partial charge on any atom is 0.234 e. The van der Waals surface area contributed by atoms with Gasteiger partial charge in [-0.1, -0.05) is 0 Å². The monoisotopic (exact) mass is 222 g/mol. The number of carbonyl (C=O) groups excluding carboxylic acids is 1. The van der Waals surface area contributed by atoms with Crippen LogP contribution in [0.4, 0.5) is 0 Å². The van der Waals surface area contributed by atoms with E-state index in [0.717, 1.165) is 17.8 Å². The molecule has 0 aromatic heterocycles. The Morgan fingerprint density at radius 1 is 1.12 bits per heavy atom. The van der Waals surface area contributed by atoms with Gasteiger partial charge < -0.3 is 10.6 Å². The summed E-state index contributed by atoms with van der Waals surface area (Å²) in [5, 5.41) is 6.26. The molecule has 4 aliphatic rings. The molecule has 0 spiro atoms. The van der Waals surface area contributed by atoms with Crippen LogP contribution >= 0.6 is 0 Å². The summed E-state index contributed by atoms with van der Waals surface area (Å²) in [6.07, 6.45) is 8.03. The second-order valence-corrected chi connectivity index (χ2v) is 6.28. The third-order valence-corrected chi connectivity index (χ3v) is 4.78. The molecular formula is C13H22N2O. The minimum absolute atomic E-state index is 0.183. The van der Waals surface area contributed by atoms with Gasteiger partial charge in [0.05, 0.1) is 6.54 Å². The highest BCUT2D eigenvalue weighted by molar-refractivity contribution is 5.78. The van der Waals surface area contributed by atoms with E-state index >= 15 is 0 Å². The number of amides is 1. The molecule has 2 N–H and O–H groups in total. The van der Waals surface area contributed by atoms with Gasteiger partial charge in [0.1, 0.15) is 0 Å². The number of hydrogen-bond donors (Lipinski definition) is 2. The van der Waals surface area contributed by atoms with E-state index in [1.165, 1.54) is 38.5 Å². The number of likely N-dealkylation sites (N-methyl/N-ethyl adjacent to an activating group) is 1. The summed E-state index contributed by atoms with van der Waals surface area (Å²) in [7, 11) is 1.83. The number of carbonyl (C=O) groups is 1. The molecule has 0 aliphatic heterocycles. The minimum atomic E-state index is 0.183. The lowest BCUT2D eigenvalue weighted by Gasteiger charge is -2.56. The second kappa shape index (κ2) is 3.73. The van der Waals surface area contributed by atoms with Crippen LogP contribution in [0.2, 0.25) is 0 Å². The van der Waals surface area contributed by atoms with Crippen molar-refractivity contribution in [2.24, 2.45) is 17.8 Å². The van der Waals surface area contributed by atoms with Crippen molar-refractivity contribution in [1.82, 2.24) is 10.6 Å². The molecule has 0 saturated heterocycles. The highest BCUT2D eigenvalue weighted by Gasteiger charge is 2.51. The Morgan fingerprint density at radius 2 is 1.62 bits per heavy atom. The summed E-state index contributed by atoms with van der Waals surface area (Å²) in [4.78, 5) is 11.8. The first-order valence-corrected chi connectivity index (χ1v) is 6.65. The average molecular weight is 222 g/mol. The molecule has 0 aromatic rings. The van der Waals surface area contributed by atoms with Crippen LogP contribution in [0.5, 0.6) is 0 Å². The van der Waals surface area contributed by atoms with Crippen LogP contribution in [0.1, 0.15) is 38.5 Å². The van der Waals surface area contributed by atoms with Crippen molar-refractivity contribution in [3.05, 3.63) is 0 Å². The molecule has 4 aliphatic carbocycles. The highest BCUT2D eigenvalue weighted by Crippen LogP contribution is 2.55. The molecule has 4 bridgehead atoms. The molecule has 0 heterocycles. The Balaban J connectivity index is 1.71. The quantitative estimate of drug-likeness (QED) is 0.755. The van der Waals surface area contributed by atoms with Crippen LogP contribution in [0, 0.1) is 17.8 Å². The van der Waals surface area contributed by atoms with Gasteiger partial charge in [-0.25, -0.2) is 0 Å². The predicted molar refractivity (Wildman–Crippen MR) is 63.0 cm³/mol. The van der Waals surface area contributed by atoms with Crippen molar-refractivity contribution in [3.8, 4) is 0 Å². The fourth-order valence-corrected chi connectivity index (χ4v) is 4.76. The normalized spacial score (nSPS) is 44.7. The van der Waals surface area contributed by atoms with Gasteiger partial charge in [-0.2, -0.15) is 0 Å². The van der Waals surface area contributed by atoms with E-state index in [2.05, 4.69) is 10.6 Å². The van der Waals surface area contributed by atoms with Crippen LogP contribution in [-0.2, 0) is 4.79 Å². The number of rotatable bonds is 3. The Morgan fingerprint density at radius 3 is 2.06 bits per heavy atom. The van der Waals surface area contributed by atoms with Gasteiger partial charge in [-0.05, 0) is 63.3 Å². The van der Waals surface area contributed by atoms with E-state index in [-0.39, 0.29) is 11.4 Å². The molecule has 0 unspecified atom stereocenters. The first-order chi connectivity index (χ1) is 7.69. The van der Waals surface area contributed by atoms with Gasteiger partial charge in [0.25, 0.3) is 0 Å². The van der Waals surface area contributed by atoms with Gasteiger partial charge in [0, 0.05) is 5.54 Å². The molecule has 0 atom stereocenters. The van der Waals surface area contributed by atoms with Gasteiger partial charge in [-0.15, -0.1) is 0 Å². The average Bonchev–Trinajstić information content (AvgIpc) is 2.13. The van der Waals surface area contributed by atoms with Crippen molar-refractivity contribution >= 4 is 5.91 Å². The predicted octanol–water partition coefficient (Wildman–Crippen LogP) is 1.29. The maximum atomic E-state index is 11.8. The summed E-state index contributed by atoms with van der Waals surface area (Å²) in [6.45, 7) is 0.460. The van der Waals surface area contributed by atoms with Crippen LogP contribution in [0.3, 0.4) is 0 Å². The summed E-state index contributed by atoms with van der Waals surface area (Å²) < 4.78 is 0. The molecular weight excluding hydrogens is 200 g/mol. The lowest BCUT2D eigenvalue weighted by atomic mass is 9.53. The van der Waals surface area contributed by atoms with E-state index in [4.69, 9.17) is 0 Å². The molecule has 90 valence electrons. The fourth-order valence-electron chi connectivity index (χ4n) is 4.76. The molecule has 4 rings (SSSR count). The third-order valence-electron chi connectivity index (χ3n) is 4.78. The Labute approximate surface area is 97.4 Å². The van der Waals surface area contributed by atoms with Crippen molar-refractivity contribution in [2.45, 2.75) is 44.1 Å². The molecule has 0 aromatic carbocycles. The van der Waals surface area contributed by atoms with Crippen LogP contribution in [0.15, 0.2) is 0 Å². The maximum absolute atomic E-state index is 11.8. The van der Waals surface area contributed by atoms with E-state index in [0.29, 0.717) is 6.54 Å². The van der Waals surface area contributed by atoms with Crippen LogP contribution in [-0.4, -0.2) is 25.0 Å². The molecule has 0 radical (unpaired) electrons. The zero-order valence-corrected chi connectivity index (χ0v) is 10.1. The fraction of sp³-hybridized carbons (Fsp3) is 0.923. The van der Waals surface area contributed by atoms with Crippen LogP contribution in [0.25, 0.3) is 0 Å². The molecule has 1 amide bonds. The first kappa shape index (κ1) is 10.6. The van der Waals surface area contributed by atoms with Crippen molar-refractivity contribution in [2.75, 3.05) is 13.6 Å². The summed E-state index contributed by atoms with van der Waals surface area (Å²) in [5.41, 5.74) is 0.183. The minimum Gasteiger partial charge on any atom is -0.350 e. The third kappa shape index (κ3) is 1.75. The van der Waals surface area contributed by atoms with Crippen molar-refractivity contribution in [3.63, 3.8) is 0 Å². The summed E-state index contributed by atoms with van der Waals surface area (Å²) in [5.74, 6) is 2.90. The smallest absolute Gasteiger partial charge is 0.234 e. The lowest BCUT2D eigenvalue weighted by Crippen LogP contribution is -2.60. The van der Waals surface area contributed by atoms with Gasteiger partial charge in [0.2, 0.25) is 5.91 Å². The van der Waals surface area contributed by atoms with Gasteiger partial charge in [-0.3, -0.25) is 4.79 Å². The van der Waals surface area contributed by atoms with Crippen LogP contribution < -0.4 is 10.6 Å². The number of hydrogen-bond acceptors (Lipinski definition) is 2. The zero-order valence-electron chi connectivity index (χ0n) is 10.1.